The van der Waals surface area contributed by atoms with Crippen molar-refractivity contribution in [2.45, 2.75) is 25.4 Å². The molecule has 2 aromatic heterocycles. The molecule has 0 unspecified atom stereocenters. The normalized spacial score (nSPS) is 15.3. The molecule has 0 bridgehead atoms. The number of rotatable bonds is 5. The van der Waals surface area contributed by atoms with Crippen molar-refractivity contribution in [1.29, 1.82) is 0 Å². The predicted octanol–water partition coefficient (Wildman–Crippen LogP) is 4.68. The fourth-order valence-electron chi connectivity index (χ4n) is 4.20. The van der Waals surface area contributed by atoms with Gasteiger partial charge in [-0.25, -0.2) is 4.98 Å². The molecule has 4 aromatic rings. The summed E-state index contributed by atoms with van der Waals surface area (Å²) in [5, 5.41) is 8.79. The van der Waals surface area contributed by atoms with E-state index in [2.05, 4.69) is 55.5 Å². The molecule has 1 fully saturated rings. The highest BCUT2D eigenvalue weighted by Crippen LogP contribution is 2.29. The van der Waals surface area contributed by atoms with Crippen LogP contribution in [0.1, 0.15) is 18.4 Å². The molecule has 1 aliphatic rings. The summed E-state index contributed by atoms with van der Waals surface area (Å²) >= 11 is 10.1. The van der Waals surface area contributed by atoms with Gasteiger partial charge in [-0.1, -0.05) is 63.9 Å². The Bertz CT molecular complexity index is 1250. The Kier molecular flexibility index (Phi) is 6.22. The van der Waals surface area contributed by atoms with Gasteiger partial charge < -0.3 is 5.32 Å². The minimum absolute atomic E-state index is 0.348. The highest BCUT2D eigenvalue weighted by atomic mass is 79.9. The summed E-state index contributed by atoms with van der Waals surface area (Å²) in [5.74, 6) is 0.880. The van der Waals surface area contributed by atoms with Gasteiger partial charge in [-0.05, 0) is 36.0 Å². The number of likely N-dealkylation sites (tertiary alicyclic amines) is 1. The molecule has 0 atom stereocenters. The molecule has 3 heterocycles. The number of nitrogens with one attached hydrogen (secondary N) is 1. The second-order valence-electron chi connectivity index (χ2n) is 8.13. The summed E-state index contributed by atoms with van der Waals surface area (Å²) in [4.78, 5) is 7.23. The fourth-order valence-corrected chi connectivity index (χ4v) is 4.84. The molecule has 5 nitrogen and oxygen atoms in total. The summed E-state index contributed by atoms with van der Waals surface area (Å²) in [6.45, 7) is 3.03. The minimum Gasteiger partial charge on any atom is -0.367 e. The highest BCUT2D eigenvalue weighted by molar-refractivity contribution is 9.10. The number of anilines is 1. The summed E-state index contributed by atoms with van der Waals surface area (Å²) in [5.41, 5.74) is 4.17. The van der Waals surface area contributed by atoms with Crippen LogP contribution in [0.15, 0.2) is 65.3 Å². The molecule has 1 N–H and O–H groups in total. The zero-order chi connectivity index (χ0) is 22.1. The lowest BCUT2D eigenvalue weighted by Crippen LogP contribution is -2.39. The van der Waals surface area contributed by atoms with E-state index in [-0.39, 0.29) is 0 Å². The molecule has 0 spiro atoms. The van der Waals surface area contributed by atoms with Crippen molar-refractivity contribution in [3.63, 3.8) is 0 Å². The van der Waals surface area contributed by atoms with Crippen molar-refractivity contribution in [3.8, 4) is 11.3 Å². The molecule has 0 saturated carbocycles. The number of aromatic nitrogens is 3. The van der Waals surface area contributed by atoms with Gasteiger partial charge in [0.05, 0.1) is 5.69 Å². The number of hydrogen-bond acceptors (Lipinski definition) is 4. The Labute approximate surface area is 202 Å². The SMILES string of the molecule is [B]c1cnn2c(NC3CCN(Cc4ccccc4Br)CC3)cc(-c3ccccc3Cl)nc12. The molecular formula is C24H22BBrClN5. The first kappa shape index (κ1) is 21.5. The second-order valence-corrected chi connectivity index (χ2v) is 9.39. The van der Waals surface area contributed by atoms with Gasteiger partial charge in [-0.3, -0.25) is 4.90 Å². The van der Waals surface area contributed by atoms with Crippen LogP contribution in [0.3, 0.4) is 0 Å². The zero-order valence-electron chi connectivity index (χ0n) is 17.5. The van der Waals surface area contributed by atoms with E-state index in [9.17, 15) is 0 Å². The number of hydrogen-bond donors (Lipinski definition) is 1. The molecule has 1 saturated heterocycles. The van der Waals surface area contributed by atoms with Gasteiger partial charge >= 0.3 is 0 Å². The van der Waals surface area contributed by atoms with Crippen molar-refractivity contribution >= 4 is 52.3 Å². The van der Waals surface area contributed by atoms with Crippen molar-refractivity contribution < 1.29 is 0 Å². The molecule has 2 radical (unpaired) electrons. The lowest BCUT2D eigenvalue weighted by Gasteiger charge is -2.33. The number of benzene rings is 2. The molecule has 5 rings (SSSR count). The average molecular weight is 507 g/mol. The Hall–Kier alpha value is -2.35. The zero-order valence-corrected chi connectivity index (χ0v) is 19.9. The van der Waals surface area contributed by atoms with Crippen LogP contribution >= 0.6 is 27.5 Å². The van der Waals surface area contributed by atoms with Crippen LogP contribution < -0.4 is 10.8 Å². The number of piperidine rings is 1. The molecule has 8 heteroatoms. The van der Waals surface area contributed by atoms with Gasteiger partial charge in [-0.2, -0.15) is 9.61 Å². The number of halogens is 2. The first-order chi connectivity index (χ1) is 15.6. The molecule has 0 amide bonds. The summed E-state index contributed by atoms with van der Waals surface area (Å²) in [6, 6.07) is 18.5. The van der Waals surface area contributed by atoms with Crippen molar-refractivity contribution in [1.82, 2.24) is 19.5 Å². The van der Waals surface area contributed by atoms with Crippen molar-refractivity contribution in [3.05, 3.63) is 75.9 Å². The first-order valence-corrected chi connectivity index (χ1v) is 11.9. The average Bonchev–Trinajstić information content (AvgIpc) is 3.18. The largest absolute Gasteiger partial charge is 0.367 e. The standard InChI is InChI=1S/C24H22BBrClN5/c25-19-14-28-32-23(13-22(30-24(19)32)18-6-2-4-8-21(18)27)29-17-9-11-31(12-10-17)15-16-5-1-3-7-20(16)26/h1-8,13-14,17,29H,9-12,15H2. The molecule has 160 valence electrons. The summed E-state index contributed by atoms with van der Waals surface area (Å²) in [6.07, 6.45) is 3.74. The maximum Gasteiger partial charge on any atom is 0.150 e. The van der Waals surface area contributed by atoms with E-state index < -0.39 is 0 Å². The van der Waals surface area contributed by atoms with Crippen LogP contribution in [0, 0.1) is 0 Å². The number of fused-ring (bicyclic) bond motifs is 1. The smallest absolute Gasteiger partial charge is 0.150 e. The summed E-state index contributed by atoms with van der Waals surface area (Å²) < 4.78 is 2.95. The predicted molar refractivity (Wildman–Crippen MR) is 135 cm³/mol. The van der Waals surface area contributed by atoms with Crippen LogP contribution in [0.2, 0.25) is 5.02 Å². The van der Waals surface area contributed by atoms with E-state index in [0.717, 1.165) is 49.6 Å². The third-order valence-corrected chi connectivity index (χ3v) is 7.04. The quantitative estimate of drug-likeness (QED) is 0.399. The fraction of sp³-hybridized carbons (Fsp3) is 0.250. The molecule has 32 heavy (non-hydrogen) atoms. The maximum atomic E-state index is 6.44. The van der Waals surface area contributed by atoms with Crippen LogP contribution in [0.25, 0.3) is 16.9 Å². The molecule has 0 aliphatic carbocycles. The van der Waals surface area contributed by atoms with E-state index in [4.69, 9.17) is 24.4 Å². The first-order valence-electron chi connectivity index (χ1n) is 10.7. The number of nitrogens with zero attached hydrogens (tertiary/aromatic N) is 4. The van der Waals surface area contributed by atoms with Gasteiger partial charge in [0.15, 0.2) is 5.65 Å². The second kappa shape index (κ2) is 9.26. The Morgan fingerprint density at radius 3 is 2.62 bits per heavy atom. The van der Waals surface area contributed by atoms with Crippen LogP contribution in [0.4, 0.5) is 5.82 Å². The van der Waals surface area contributed by atoms with E-state index >= 15 is 0 Å². The topological polar surface area (TPSA) is 45.5 Å². The van der Waals surface area contributed by atoms with E-state index in [0.29, 0.717) is 22.2 Å². The van der Waals surface area contributed by atoms with Gasteiger partial charge in [0.25, 0.3) is 0 Å². The van der Waals surface area contributed by atoms with Gasteiger partial charge in [0, 0.05) is 53.0 Å². The maximum absolute atomic E-state index is 6.44. The lowest BCUT2D eigenvalue weighted by atomic mass is 10.0. The highest BCUT2D eigenvalue weighted by Gasteiger charge is 2.21. The van der Waals surface area contributed by atoms with Crippen LogP contribution in [-0.4, -0.2) is 46.5 Å². The molecular weight excluding hydrogens is 484 g/mol. The Balaban J connectivity index is 1.34. The molecule has 2 aromatic carbocycles. The van der Waals surface area contributed by atoms with Crippen LogP contribution in [-0.2, 0) is 6.54 Å². The Morgan fingerprint density at radius 1 is 1.09 bits per heavy atom. The van der Waals surface area contributed by atoms with Crippen LogP contribution in [0.5, 0.6) is 0 Å². The van der Waals surface area contributed by atoms with Crippen molar-refractivity contribution in [2.24, 2.45) is 0 Å². The van der Waals surface area contributed by atoms with E-state index in [1.807, 2.05) is 30.3 Å². The monoisotopic (exact) mass is 505 g/mol. The third kappa shape index (κ3) is 4.42. The van der Waals surface area contributed by atoms with Gasteiger partial charge in [0.2, 0.25) is 0 Å². The van der Waals surface area contributed by atoms with Crippen molar-refractivity contribution in [2.75, 3.05) is 18.4 Å². The van der Waals surface area contributed by atoms with E-state index in [1.54, 1.807) is 10.7 Å². The molecule has 1 aliphatic heterocycles. The summed E-state index contributed by atoms with van der Waals surface area (Å²) in [7, 11) is 6.15. The van der Waals surface area contributed by atoms with E-state index in [1.165, 1.54) is 10.0 Å². The third-order valence-electron chi connectivity index (χ3n) is 5.94. The van der Waals surface area contributed by atoms with Gasteiger partial charge in [-0.15, -0.1) is 0 Å². The lowest BCUT2D eigenvalue weighted by molar-refractivity contribution is 0.211. The Morgan fingerprint density at radius 2 is 1.84 bits per heavy atom. The van der Waals surface area contributed by atoms with Gasteiger partial charge in [0.1, 0.15) is 13.7 Å². The minimum atomic E-state index is 0.348.